The number of aliphatic imine (C=N–C) groups is 1. The number of aryl methyl sites for hydroxylation is 1. The van der Waals surface area contributed by atoms with Crippen LogP contribution >= 0.6 is 22.9 Å². The van der Waals surface area contributed by atoms with Crippen LogP contribution in [0.1, 0.15) is 52.3 Å². The first-order chi connectivity index (χ1) is 27.1. The molecule has 0 saturated carbocycles. The Morgan fingerprint density at radius 3 is 2.25 bits per heavy atom. The van der Waals surface area contributed by atoms with Gasteiger partial charge in [-0.05, 0) is 61.7 Å². The van der Waals surface area contributed by atoms with E-state index in [2.05, 4.69) is 65.9 Å². The maximum Gasteiger partial charge on any atom is 0.216 e. The minimum absolute atomic E-state index is 0.0480. The van der Waals surface area contributed by atoms with Gasteiger partial charge in [-0.1, -0.05) is 66.2 Å². The summed E-state index contributed by atoms with van der Waals surface area (Å²) < 4.78 is 22.4. The predicted octanol–water partition coefficient (Wildman–Crippen LogP) is 7.95. The van der Waals surface area contributed by atoms with Crippen molar-refractivity contribution in [1.29, 1.82) is 10.8 Å². The molecule has 0 unspecified atom stereocenters. The molecule has 0 aliphatic carbocycles. The smallest absolute Gasteiger partial charge is 0.216 e. The summed E-state index contributed by atoms with van der Waals surface area (Å²) in [4.78, 5) is 18.2. The van der Waals surface area contributed by atoms with Gasteiger partial charge in [0.1, 0.15) is 28.0 Å². The van der Waals surface area contributed by atoms with Gasteiger partial charge in [0, 0.05) is 59.4 Å². The van der Waals surface area contributed by atoms with Gasteiger partial charge in [-0.25, -0.2) is 0 Å². The molecule has 2 aromatic heterocycles. The topological polar surface area (TPSA) is 145 Å². The number of nitrogens with one attached hydrogen (secondary N) is 4. The highest BCUT2D eigenvalue weighted by atomic mass is 35.5. The first-order valence-electron chi connectivity index (χ1n) is 18.7. The summed E-state index contributed by atoms with van der Waals surface area (Å²) in [5, 5.41) is 25.1. The molecule has 3 aromatic carbocycles. The van der Waals surface area contributed by atoms with Crippen molar-refractivity contribution in [2.75, 3.05) is 64.2 Å². The number of hydrogen-bond acceptors (Lipinski definition) is 10. The normalized spacial score (nSPS) is 12.5. The molecule has 0 saturated heterocycles. The number of ether oxygens (including phenoxy) is 3. The molecular formula is C43H51ClN6O5S. The number of benzene rings is 3. The van der Waals surface area contributed by atoms with Crippen LogP contribution in [0.5, 0.6) is 0 Å². The molecule has 0 fully saturated rings. The van der Waals surface area contributed by atoms with Crippen molar-refractivity contribution in [3.63, 3.8) is 0 Å². The molecule has 6 rings (SSSR count). The summed E-state index contributed by atoms with van der Waals surface area (Å²) in [6.07, 6.45) is 0.801. The average Bonchev–Trinajstić information content (AvgIpc) is 3.66. The van der Waals surface area contributed by atoms with Crippen molar-refractivity contribution >= 4 is 62.2 Å². The van der Waals surface area contributed by atoms with Crippen molar-refractivity contribution < 1.29 is 23.4 Å². The number of carbonyl (C=O) groups is 1. The summed E-state index contributed by atoms with van der Waals surface area (Å²) in [5.41, 5.74) is 7.37. The van der Waals surface area contributed by atoms with Gasteiger partial charge >= 0.3 is 0 Å². The van der Waals surface area contributed by atoms with Gasteiger partial charge in [-0.2, -0.15) is 0 Å². The quantitative estimate of drug-likeness (QED) is 0.0425. The fourth-order valence-corrected chi connectivity index (χ4v) is 7.37. The van der Waals surface area contributed by atoms with E-state index in [0.29, 0.717) is 62.9 Å². The van der Waals surface area contributed by atoms with Gasteiger partial charge < -0.3 is 29.3 Å². The number of halogens is 1. The average molecular weight is 799 g/mol. The Labute approximate surface area is 338 Å². The minimum atomic E-state index is -0.0480. The number of furan rings is 1. The van der Waals surface area contributed by atoms with Crippen LogP contribution in [0.25, 0.3) is 11.0 Å². The van der Waals surface area contributed by atoms with Crippen molar-refractivity contribution in [2.24, 2.45) is 4.99 Å². The van der Waals surface area contributed by atoms with E-state index in [-0.39, 0.29) is 12.5 Å². The zero-order valence-corrected chi connectivity index (χ0v) is 34.1. The Balaban J connectivity index is 0.000000228. The van der Waals surface area contributed by atoms with Gasteiger partial charge in [0.25, 0.3) is 0 Å². The summed E-state index contributed by atoms with van der Waals surface area (Å²) in [7, 11) is 0. The third-order valence-electron chi connectivity index (χ3n) is 8.89. The van der Waals surface area contributed by atoms with E-state index in [4.69, 9.17) is 41.0 Å². The van der Waals surface area contributed by atoms with E-state index in [1.165, 1.54) is 22.9 Å². The lowest BCUT2D eigenvalue weighted by atomic mass is 10.00. The molecule has 0 radical (unpaired) electrons. The second-order valence-corrected chi connectivity index (χ2v) is 14.9. The number of rotatable bonds is 17. The Hall–Kier alpha value is -4.69. The number of thiophene rings is 1. The summed E-state index contributed by atoms with van der Waals surface area (Å²) >= 11 is 7.61. The van der Waals surface area contributed by atoms with Crippen LogP contribution in [0.2, 0.25) is 5.02 Å². The molecule has 4 N–H and O–H groups in total. The summed E-state index contributed by atoms with van der Waals surface area (Å²) in [5.74, 6) is 1.59. The summed E-state index contributed by atoms with van der Waals surface area (Å²) in [6.45, 7) is 12.9. The molecule has 1 aliphatic rings. The zero-order valence-electron chi connectivity index (χ0n) is 32.5. The molecule has 1 amide bonds. The third kappa shape index (κ3) is 12.4. The zero-order chi connectivity index (χ0) is 39.9. The van der Waals surface area contributed by atoms with Crippen LogP contribution in [0.4, 0.5) is 5.00 Å². The van der Waals surface area contributed by atoms with Crippen LogP contribution in [-0.2, 0) is 32.0 Å². The number of carbonyl (C=O) groups excluding carboxylic acids is 1. The maximum atomic E-state index is 10.7. The number of hydrogen-bond donors (Lipinski definition) is 4. The van der Waals surface area contributed by atoms with Gasteiger partial charge in [0.15, 0.2) is 0 Å². The lowest BCUT2D eigenvalue weighted by Crippen LogP contribution is -2.35. The number of amides is 1. The molecule has 13 heteroatoms. The Bertz CT molecular complexity index is 2100. The van der Waals surface area contributed by atoms with E-state index >= 15 is 0 Å². The second kappa shape index (κ2) is 21.6. The van der Waals surface area contributed by atoms with E-state index < -0.39 is 0 Å². The van der Waals surface area contributed by atoms with Crippen molar-refractivity contribution in [3.8, 4) is 0 Å². The number of fused-ring (bicyclic) bond motifs is 2. The van der Waals surface area contributed by atoms with E-state index in [1.807, 2.05) is 42.5 Å². The second-order valence-electron chi connectivity index (χ2n) is 13.2. The minimum Gasteiger partial charge on any atom is -0.461 e. The van der Waals surface area contributed by atoms with Crippen LogP contribution in [0.15, 0.2) is 88.3 Å². The Kier molecular flexibility index (Phi) is 16.4. The molecule has 0 bridgehead atoms. The highest BCUT2D eigenvalue weighted by Crippen LogP contribution is 2.39. The standard InChI is InChI=1S/C26H34N2O5.C17H17ClN4S/c1-21(29)28-10-12-31-14-16-32-15-13-30-11-9-27-20-23-7-8-24-19-25(33-26(24)18-23)17-22-5-3-2-4-6-22;1-9-10(2)23-17-15(9)16(12-4-6-13(18)7-5-12)21-8-14(20)22(17)11(3)19/h2-8,18-19,27H,9-17,20H2,1H3,(H,28,29);4-7,19-20H,8H2,1-3H3. The van der Waals surface area contributed by atoms with E-state index in [9.17, 15) is 4.79 Å². The molecule has 3 heterocycles. The number of amidine groups is 2. The predicted molar refractivity (Wildman–Crippen MR) is 228 cm³/mol. The van der Waals surface area contributed by atoms with Gasteiger partial charge in [0.05, 0.1) is 51.9 Å². The van der Waals surface area contributed by atoms with E-state index in [1.54, 1.807) is 23.2 Å². The molecule has 5 aromatic rings. The monoisotopic (exact) mass is 798 g/mol. The van der Waals surface area contributed by atoms with Crippen molar-refractivity contribution in [3.05, 3.63) is 122 Å². The lowest BCUT2D eigenvalue weighted by molar-refractivity contribution is -0.119. The van der Waals surface area contributed by atoms with E-state index in [0.717, 1.165) is 63.6 Å². The van der Waals surface area contributed by atoms with Crippen LogP contribution in [-0.4, -0.2) is 82.6 Å². The fraction of sp³-hybridized carbons (Fsp3) is 0.349. The molecule has 0 spiro atoms. The highest BCUT2D eigenvalue weighted by molar-refractivity contribution is 7.17. The molecule has 296 valence electrons. The van der Waals surface area contributed by atoms with Crippen LogP contribution in [0, 0.1) is 24.7 Å². The maximum absolute atomic E-state index is 10.7. The Morgan fingerprint density at radius 1 is 0.893 bits per heavy atom. The van der Waals surface area contributed by atoms with Crippen LogP contribution in [0.3, 0.4) is 0 Å². The molecule has 11 nitrogen and oxygen atoms in total. The molecule has 56 heavy (non-hydrogen) atoms. The largest absolute Gasteiger partial charge is 0.461 e. The molecule has 1 aliphatic heterocycles. The third-order valence-corrected chi connectivity index (χ3v) is 10.3. The first-order valence-corrected chi connectivity index (χ1v) is 19.9. The van der Waals surface area contributed by atoms with Gasteiger partial charge in [-0.3, -0.25) is 25.5 Å². The van der Waals surface area contributed by atoms with Gasteiger partial charge in [-0.15, -0.1) is 11.3 Å². The SMILES string of the molecule is CC(=N)N1C(=N)CN=C(c2ccc(Cl)cc2)c2c1sc(C)c2C.CC(=O)NCCOCCOCCOCCNCc1ccc2cc(Cc3ccccc3)oc2c1. The van der Waals surface area contributed by atoms with Gasteiger partial charge in [0.2, 0.25) is 5.91 Å². The first kappa shape index (κ1) is 42.5. The number of nitrogens with zero attached hydrogens (tertiary/aromatic N) is 2. The highest BCUT2D eigenvalue weighted by Gasteiger charge is 2.29. The molecular weight excluding hydrogens is 748 g/mol. The summed E-state index contributed by atoms with van der Waals surface area (Å²) in [6, 6.07) is 26.4. The Morgan fingerprint density at radius 2 is 1.57 bits per heavy atom. The van der Waals surface area contributed by atoms with Crippen LogP contribution < -0.4 is 15.5 Å². The molecule has 0 atom stereocenters. The van der Waals surface area contributed by atoms with Crippen molar-refractivity contribution in [1.82, 2.24) is 10.6 Å². The fourth-order valence-electron chi connectivity index (χ4n) is 6.01. The van der Waals surface area contributed by atoms with Crippen molar-refractivity contribution in [2.45, 2.75) is 40.7 Å². The number of anilines is 1. The lowest BCUT2D eigenvalue weighted by Gasteiger charge is -2.21.